The average molecular weight is 295 g/mol. The zero-order chi connectivity index (χ0) is 14.6. The maximum atomic E-state index is 13.5. The number of anilines is 1. The van der Waals surface area contributed by atoms with Gasteiger partial charge in [-0.2, -0.15) is 12.6 Å². The van der Waals surface area contributed by atoms with Gasteiger partial charge in [-0.1, -0.05) is 32.8 Å². The maximum absolute atomic E-state index is 13.5. The van der Waals surface area contributed by atoms with E-state index in [4.69, 9.17) is 0 Å². The van der Waals surface area contributed by atoms with Crippen molar-refractivity contribution in [3.8, 4) is 0 Å². The molecular weight excluding hydrogens is 269 g/mol. The second kappa shape index (κ2) is 6.84. The molecule has 0 amide bonds. The van der Waals surface area contributed by atoms with Gasteiger partial charge in [-0.25, -0.2) is 4.39 Å². The lowest BCUT2D eigenvalue weighted by atomic mass is 9.80. The summed E-state index contributed by atoms with van der Waals surface area (Å²) in [4.78, 5) is 2.37. The lowest BCUT2D eigenvalue weighted by molar-refractivity contribution is 0.279. The summed E-state index contributed by atoms with van der Waals surface area (Å²) < 4.78 is 13.5. The fourth-order valence-corrected chi connectivity index (χ4v) is 3.96. The number of halogens is 1. The highest BCUT2D eigenvalue weighted by molar-refractivity contribution is 7.80. The molecule has 1 aliphatic heterocycles. The van der Waals surface area contributed by atoms with Gasteiger partial charge in [-0.05, 0) is 48.1 Å². The molecule has 0 unspecified atom stereocenters. The van der Waals surface area contributed by atoms with Crippen LogP contribution in [-0.4, -0.2) is 18.8 Å². The number of nitrogens with zero attached hydrogens (tertiary/aromatic N) is 1. The van der Waals surface area contributed by atoms with Crippen LogP contribution in [0.4, 0.5) is 10.1 Å². The van der Waals surface area contributed by atoms with Gasteiger partial charge in [-0.15, -0.1) is 0 Å². The Morgan fingerprint density at radius 3 is 2.55 bits per heavy atom. The van der Waals surface area contributed by atoms with Gasteiger partial charge in [0.05, 0.1) is 0 Å². The minimum absolute atomic E-state index is 0.127. The van der Waals surface area contributed by atoms with Gasteiger partial charge in [0.2, 0.25) is 0 Å². The quantitative estimate of drug-likeness (QED) is 0.713. The summed E-state index contributed by atoms with van der Waals surface area (Å²) in [7, 11) is 0. The second-order valence-electron chi connectivity index (χ2n) is 6.10. The van der Waals surface area contributed by atoms with E-state index < -0.39 is 0 Å². The van der Waals surface area contributed by atoms with Crippen LogP contribution in [0.3, 0.4) is 0 Å². The van der Waals surface area contributed by atoms with Gasteiger partial charge in [0.15, 0.2) is 0 Å². The molecule has 3 heteroatoms. The van der Waals surface area contributed by atoms with Crippen molar-refractivity contribution in [2.24, 2.45) is 5.41 Å². The zero-order valence-electron chi connectivity index (χ0n) is 12.7. The summed E-state index contributed by atoms with van der Waals surface area (Å²) in [6.07, 6.45) is 5.81. The molecule has 112 valence electrons. The highest BCUT2D eigenvalue weighted by Crippen LogP contribution is 2.37. The summed E-state index contributed by atoms with van der Waals surface area (Å²) in [5, 5.41) is 0. The third-order valence-corrected chi connectivity index (χ3v) is 5.13. The topological polar surface area (TPSA) is 3.24 Å². The molecule has 1 aliphatic rings. The van der Waals surface area contributed by atoms with Gasteiger partial charge < -0.3 is 4.90 Å². The number of rotatable bonds is 7. The van der Waals surface area contributed by atoms with Crippen molar-refractivity contribution in [1.82, 2.24) is 0 Å². The van der Waals surface area contributed by atoms with E-state index in [0.29, 0.717) is 0 Å². The number of fused-ring (bicyclic) bond motifs is 1. The number of hydrogen-bond acceptors (Lipinski definition) is 2. The van der Waals surface area contributed by atoms with Crippen LogP contribution in [0.5, 0.6) is 0 Å². The minimum Gasteiger partial charge on any atom is -0.370 e. The molecule has 1 heterocycles. The van der Waals surface area contributed by atoms with Crippen molar-refractivity contribution >= 4 is 18.3 Å². The van der Waals surface area contributed by atoms with Crippen molar-refractivity contribution in [1.29, 1.82) is 0 Å². The van der Waals surface area contributed by atoms with Crippen LogP contribution in [0.25, 0.3) is 0 Å². The standard InChI is InChI=1S/C17H26FNS/c1-3-8-17(13-20,9-4-2)12-19-10-7-14-5-6-15(18)11-16(14)19/h5-6,11,20H,3-4,7-10,12-13H2,1-2H3. The molecule has 0 aromatic heterocycles. The van der Waals surface area contributed by atoms with Gasteiger partial charge in [0.25, 0.3) is 0 Å². The smallest absolute Gasteiger partial charge is 0.125 e. The molecule has 0 N–H and O–H groups in total. The Morgan fingerprint density at radius 2 is 1.95 bits per heavy atom. The molecule has 0 saturated heterocycles. The van der Waals surface area contributed by atoms with Crippen LogP contribution < -0.4 is 4.90 Å². The molecule has 0 saturated carbocycles. The van der Waals surface area contributed by atoms with E-state index in [1.165, 1.54) is 31.2 Å². The molecule has 0 fully saturated rings. The Hall–Kier alpha value is -0.700. The first-order chi connectivity index (χ1) is 9.64. The highest BCUT2D eigenvalue weighted by atomic mass is 32.1. The molecule has 0 bridgehead atoms. The van der Waals surface area contributed by atoms with Crippen LogP contribution in [0.1, 0.15) is 45.1 Å². The van der Waals surface area contributed by atoms with Crippen LogP contribution in [-0.2, 0) is 6.42 Å². The first-order valence-corrected chi connectivity index (χ1v) is 8.41. The van der Waals surface area contributed by atoms with Crippen molar-refractivity contribution in [3.63, 3.8) is 0 Å². The summed E-state index contributed by atoms with van der Waals surface area (Å²) in [6.45, 7) is 6.51. The molecule has 0 aliphatic carbocycles. The first kappa shape index (κ1) is 15.7. The van der Waals surface area contributed by atoms with E-state index in [1.807, 2.05) is 6.07 Å². The lowest BCUT2D eigenvalue weighted by Gasteiger charge is -2.37. The maximum Gasteiger partial charge on any atom is 0.125 e. The van der Waals surface area contributed by atoms with Gasteiger partial charge in [0.1, 0.15) is 5.82 Å². The lowest BCUT2D eigenvalue weighted by Crippen LogP contribution is -2.38. The van der Waals surface area contributed by atoms with Crippen molar-refractivity contribution < 1.29 is 4.39 Å². The normalized spacial score (nSPS) is 14.7. The zero-order valence-corrected chi connectivity index (χ0v) is 13.6. The van der Waals surface area contributed by atoms with E-state index in [-0.39, 0.29) is 11.2 Å². The van der Waals surface area contributed by atoms with Crippen molar-refractivity contribution in [2.75, 3.05) is 23.7 Å². The first-order valence-electron chi connectivity index (χ1n) is 7.78. The van der Waals surface area contributed by atoms with Crippen LogP contribution >= 0.6 is 12.6 Å². The van der Waals surface area contributed by atoms with E-state index in [0.717, 1.165) is 31.0 Å². The fourth-order valence-electron chi connectivity index (χ4n) is 3.54. The molecule has 0 atom stereocenters. The summed E-state index contributed by atoms with van der Waals surface area (Å²) in [6, 6.07) is 5.21. The molecule has 1 aromatic carbocycles. The SMILES string of the molecule is CCCC(CS)(CCC)CN1CCc2ccc(F)cc21. The largest absolute Gasteiger partial charge is 0.370 e. The Labute approximate surface area is 128 Å². The second-order valence-corrected chi connectivity index (χ2v) is 6.42. The molecule has 20 heavy (non-hydrogen) atoms. The van der Waals surface area contributed by atoms with Crippen LogP contribution in [0, 0.1) is 11.2 Å². The van der Waals surface area contributed by atoms with Crippen LogP contribution in [0.15, 0.2) is 18.2 Å². The van der Waals surface area contributed by atoms with Gasteiger partial charge >= 0.3 is 0 Å². The van der Waals surface area contributed by atoms with Crippen molar-refractivity contribution in [3.05, 3.63) is 29.6 Å². The molecule has 0 radical (unpaired) electrons. The number of thiol groups is 1. The Balaban J connectivity index is 2.19. The monoisotopic (exact) mass is 295 g/mol. The molecule has 1 aromatic rings. The fraction of sp³-hybridized carbons (Fsp3) is 0.647. The number of benzene rings is 1. The molecule has 1 nitrogen and oxygen atoms in total. The Bertz CT molecular complexity index is 441. The Kier molecular flexibility index (Phi) is 5.36. The van der Waals surface area contributed by atoms with E-state index in [1.54, 1.807) is 12.1 Å². The Morgan fingerprint density at radius 1 is 1.25 bits per heavy atom. The average Bonchev–Trinajstić information content (AvgIpc) is 2.81. The van der Waals surface area contributed by atoms with Gasteiger partial charge in [-0.3, -0.25) is 0 Å². The minimum atomic E-state index is -0.127. The predicted molar refractivity (Wildman–Crippen MR) is 88.4 cm³/mol. The molecular formula is C17H26FNS. The van der Waals surface area contributed by atoms with Crippen molar-refractivity contribution in [2.45, 2.75) is 46.0 Å². The third-order valence-electron chi connectivity index (χ3n) is 4.46. The van der Waals surface area contributed by atoms with E-state index in [2.05, 4.69) is 31.4 Å². The summed E-state index contributed by atoms with van der Waals surface area (Å²) in [5.41, 5.74) is 2.65. The van der Waals surface area contributed by atoms with E-state index in [9.17, 15) is 4.39 Å². The highest BCUT2D eigenvalue weighted by Gasteiger charge is 2.32. The molecule has 0 spiro atoms. The van der Waals surface area contributed by atoms with Crippen LogP contribution in [0.2, 0.25) is 0 Å². The predicted octanol–water partition coefficient (Wildman–Crippen LogP) is 4.70. The summed E-state index contributed by atoms with van der Waals surface area (Å²) in [5.74, 6) is 0.786. The van der Waals surface area contributed by atoms with E-state index >= 15 is 0 Å². The third kappa shape index (κ3) is 3.30. The summed E-state index contributed by atoms with van der Waals surface area (Å²) >= 11 is 4.63. The van der Waals surface area contributed by atoms with Gasteiger partial charge in [0, 0.05) is 18.8 Å². The molecule has 2 rings (SSSR count). The number of hydrogen-bond donors (Lipinski definition) is 1.